The first kappa shape index (κ1) is 15.5. The van der Waals surface area contributed by atoms with Crippen molar-refractivity contribution in [3.05, 3.63) is 34.7 Å². The summed E-state index contributed by atoms with van der Waals surface area (Å²) in [7, 11) is 1.31. The highest BCUT2D eigenvalue weighted by atomic mass is 79.9. The largest absolute Gasteiger partial charge is 0.469 e. The first-order valence-electron chi connectivity index (χ1n) is 6.55. The number of esters is 1. The maximum atomic E-state index is 11.5. The standard InChI is InChI=1S/C14H16BrN3O3/c1-21-14(20)5-4-13(19)16-7-6-11-9-18-8-10(15)2-3-12(18)17-11/h2-3,8-9H,4-7H2,1H3,(H,16,19). The monoisotopic (exact) mass is 353 g/mol. The van der Waals surface area contributed by atoms with E-state index in [9.17, 15) is 9.59 Å². The number of aromatic nitrogens is 2. The van der Waals surface area contributed by atoms with Gasteiger partial charge in [-0.25, -0.2) is 4.98 Å². The number of methoxy groups -OCH3 is 1. The highest BCUT2D eigenvalue weighted by Crippen LogP contribution is 2.12. The molecule has 2 aromatic heterocycles. The first-order chi connectivity index (χ1) is 10.1. The predicted octanol–water partition coefficient (Wildman–Crippen LogP) is 1.71. The number of carbonyl (C=O) groups excluding carboxylic acids is 2. The van der Waals surface area contributed by atoms with E-state index in [1.165, 1.54) is 7.11 Å². The molecule has 2 aromatic rings. The number of hydrogen-bond donors (Lipinski definition) is 1. The fraction of sp³-hybridized carbons (Fsp3) is 0.357. The molecule has 1 N–H and O–H groups in total. The zero-order valence-corrected chi connectivity index (χ0v) is 13.2. The van der Waals surface area contributed by atoms with Crippen molar-refractivity contribution in [2.75, 3.05) is 13.7 Å². The molecule has 21 heavy (non-hydrogen) atoms. The summed E-state index contributed by atoms with van der Waals surface area (Å²) in [6.45, 7) is 0.491. The third kappa shape index (κ3) is 4.56. The van der Waals surface area contributed by atoms with Crippen LogP contribution in [0.5, 0.6) is 0 Å². The van der Waals surface area contributed by atoms with E-state index in [0.29, 0.717) is 13.0 Å². The van der Waals surface area contributed by atoms with Gasteiger partial charge in [0.05, 0.1) is 19.2 Å². The van der Waals surface area contributed by atoms with Crippen molar-refractivity contribution in [2.45, 2.75) is 19.3 Å². The molecule has 0 atom stereocenters. The van der Waals surface area contributed by atoms with Gasteiger partial charge in [0, 0.05) is 36.3 Å². The van der Waals surface area contributed by atoms with Crippen LogP contribution in [0.1, 0.15) is 18.5 Å². The van der Waals surface area contributed by atoms with Gasteiger partial charge in [-0.3, -0.25) is 9.59 Å². The van der Waals surface area contributed by atoms with Crippen LogP contribution in [-0.4, -0.2) is 34.9 Å². The average Bonchev–Trinajstić information content (AvgIpc) is 2.86. The number of amides is 1. The highest BCUT2D eigenvalue weighted by molar-refractivity contribution is 9.10. The van der Waals surface area contributed by atoms with Crippen LogP contribution in [0, 0.1) is 0 Å². The third-order valence-corrected chi connectivity index (χ3v) is 3.42. The summed E-state index contributed by atoms with van der Waals surface area (Å²) in [5.41, 5.74) is 1.77. The lowest BCUT2D eigenvalue weighted by Crippen LogP contribution is -2.26. The second-order valence-corrected chi connectivity index (χ2v) is 5.44. The Hall–Kier alpha value is -1.89. The minimum Gasteiger partial charge on any atom is -0.469 e. The molecule has 6 nitrogen and oxygen atoms in total. The maximum Gasteiger partial charge on any atom is 0.306 e. The Morgan fingerprint density at radius 3 is 2.90 bits per heavy atom. The smallest absolute Gasteiger partial charge is 0.306 e. The van der Waals surface area contributed by atoms with Crippen LogP contribution in [-0.2, 0) is 20.7 Å². The average molecular weight is 354 g/mol. The van der Waals surface area contributed by atoms with Crippen molar-refractivity contribution < 1.29 is 14.3 Å². The topological polar surface area (TPSA) is 72.7 Å². The minimum absolute atomic E-state index is 0.102. The molecule has 112 valence electrons. The normalized spacial score (nSPS) is 10.6. The van der Waals surface area contributed by atoms with Crippen LogP contribution in [0.3, 0.4) is 0 Å². The zero-order valence-electron chi connectivity index (χ0n) is 11.6. The molecule has 0 unspecified atom stereocenters. The van der Waals surface area contributed by atoms with Gasteiger partial charge in [0.1, 0.15) is 5.65 Å². The van der Waals surface area contributed by atoms with Crippen molar-refractivity contribution in [3.8, 4) is 0 Å². The molecule has 0 saturated carbocycles. The lowest BCUT2D eigenvalue weighted by Gasteiger charge is -2.03. The molecule has 0 fully saturated rings. The number of rotatable bonds is 6. The summed E-state index contributed by atoms with van der Waals surface area (Å²) in [6.07, 6.45) is 4.75. The van der Waals surface area contributed by atoms with E-state index in [0.717, 1.165) is 15.8 Å². The maximum absolute atomic E-state index is 11.5. The summed E-state index contributed by atoms with van der Waals surface area (Å²) in [6, 6.07) is 3.85. The van der Waals surface area contributed by atoms with Crippen LogP contribution >= 0.6 is 15.9 Å². The van der Waals surface area contributed by atoms with Crippen molar-refractivity contribution in [2.24, 2.45) is 0 Å². The van der Waals surface area contributed by atoms with E-state index >= 15 is 0 Å². The van der Waals surface area contributed by atoms with E-state index in [-0.39, 0.29) is 24.7 Å². The van der Waals surface area contributed by atoms with E-state index in [1.807, 2.05) is 28.9 Å². The number of halogens is 1. The van der Waals surface area contributed by atoms with Crippen LogP contribution < -0.4 is 5.32 Å². The molecule has 0 aliphatic carbocycles. The second kappa shape index (κ2) is 7.21. The number of fused-ring (bicyclic) bond motifs is 1. The number of carbonyl (C=O) groups is 2. The Balaban J connectivity index is 1.79. The van der Waals surface area contributed by atoms with Gasteiger partial charge in [-0.1, -0.05) is 0 Å². The fourth-order valence-electron chi connectivity index (χ4n) is 1.87. The highest BCUT2D eigenvalue weighted by Gasteiger charge is 2.07. The van der Waals surface area contributed by atoms with E-state index in [1.54, 1.807) is 0 Å². The molecule has 0 radical (unpaired) electrons. The number of imidazole rings is 1. The number of nitrogens with zero attached hydrogens (tertiary/aromatic N) is 2. The van der Waals surface area contributed by atoms with Crippen molar-refractivity contribution in [3.63, 3.8) is 0 Å². The molecule has 0 spiro atoms. The molecular formula is C14H16BrN3O3. The predicted molar refractivity (Wildman–Crippen MR) is 80.9 cm³/mol. The molecule has 1 amide bonds. The van der Waals surface area contributed by atoms with Gasteiger partial charge < -0.3 is 14.5 Å². The van der Waals surface area contributed by atoms with E-state index < -0.39 is 0 Å². The van der Waals surface area contributed by atoms with E-state index in [2.05, 4.69) is 31.0 Å². The number of ether oxygens (including phenoxy) is 1. The molecule has 0 aliphatic rings. The van der Waals surface area contributed by atoms with Crippen LogP contribution in [0.25, 0.3) is 5.65 Å². The second-order valence-electron chi connectivity index (χ2n) is 4.52. The van der Waals surface area contributed by atoms with Gasteiger partial charge in [0.15, 0.2) is 0 Å². The molecule has 0 aliphatic heterocycles. The van der Waals surface area contributed by atoms with Gasteiger partial charge >= 0.3 is 5.97 Å². The van der Waals surface area contributed by atoms with Gasteiger partial charge in [0.2, 0.25) is 5.91 Å². The SMILES string of the molecule is COC(=O)CCC(=O)NCCc1cn2cc(Br)ccc2n1. The van der Waals surface area contributed by atoms with E-state index in [4.69, 9.17) is 0 Å². The Labute approximate surface area is 130 Å². The number of hydrogen-bond acceptors (Lipinski definition) is 4. The molecular weight excluding hydrogens is 338 g/mol. The van der Waals surface area contributed by atoms with Gasteiger partial charge in [-0.2, -0.15) is 0 Å². The molecule has 0 saturated heterocycles. The summed E-state index contributed by atoms with van der Waals surface area (Å²) in [4.78, 5) is 26.9. The Morgan fingerprint density at radius 1 is 1.33 bits per heavy atom. The Morgan fingerprint density at radius 2 is 2.14 bits per heavy atom. The van der Waals surface area contributed by atoms with Crippen molar-refractivity contribution in [1.82, 2.24) is 14.7 Å². The summed E-state index contributed by atoms with van der Waals surface area (Å²) in [5.74, 6) is -0.539. The molecule has 2 rings (SSSR count). The van der Waals surface area contributed by atoms with Gasteiger partial charge in [-0.15, -0.1) is 0 Å². The number of pyridine rings is 1. The zero-order chi connectivity index (χ0) is 15.2. The lowest BCUT2D eigenvalue weighted by molar-refractivity contribution is -0.142. The molecule has 2 heterocycles. The third-order valence-electron chi connectivity index (χ3n) is 2.95. The lowest BCUT2D eigenvalue weighted by atomic mass is 10.3. The molecule has 0 bridgehead atoms. The van der Waals surface area contributed by atoms with Crippen LogP contribution in [0.15, 0.2) is 29.0 Å². The van der Waals surface area contributed by atoms with Crippen molar-refractivity contribution in [1.29, 1.82) is 0 Å². The Bertz CT molecular complexity index is 654. The van der Waals surface area contributed by atoms with Crippen LogP contribution in [0.2, 0.25) is 0 Å². The first-order valence-corrected chi connectivity index (χ1v) is 7.34. The fourth-order valence-corrected chi connectivity index (χ4v) is 2.23. The number of nitrogens with one attached hydrogen (secondary N) is 1. The quantitative estimate of drug-likeness (QED) is 0.802. The van der Waals surface area contributed by atoms with Gasteiger partial charge in [0.25, 0.3) is 0 Å². The summed E-state index contributed by atoms with van der Waals surface area (Å²) < 4.78 is 7.39. The van der Waals surface area contributed by atoms with Gasteiger partial charge in [-0.05, 0) is 28.1 Å². The Kier molecular flexibility index (Phi) is 5.32. The van der Waals surface area contributed by atoms with Crippen LogP contribution in [0.4, 0.5) is 0 Å². The van der Waals surface area contributed by atoms with Crippen molar-refractivity contribution >= 4 is 33.5 Å². The molecule has 0 aromatic carbocycles. The molecule has 7 heteroatoms. The minimum atomic E-state index is -0.379. The summed E-state index contributed by atoms with van der Waals surface area (Å²) >= 11 is 3.40. The summed E-state index contributed by atoms with van der Waals surface area (Å²) in [5, 5.41) is 2.76.